The van der Waals surface area contributed by atoms with Crippen molar-refractivity contribution >= 4 is 27.5 Å². The monoisotopic (exact) mass is 339 g/mol. The van der Waals surface area contributed by atoms with Gasteiger partial charge in [-0.3, -0.25) is 4.79 Å². The summed E-state index contributed by atoms with van der Waals surface area (Å²) in [5, 5.41) is 0. The zero-order valence-corrected chi connectivity index (χ0v) is 12.9. The Morgan fingerprint density at radius 1 is 1.25 bits per heavy atom. The highest BCUT2D eigenvalue weighted by Crippen LogP contribution is 2.32. The van der Waals surface area contributed by atoms with Crippen LogP contribution in [-0.2, 0) is 4.79 Å². The Bertz CT molecular complexity index is 503. The maximum Gasteiger partial charge on any atom is 0.265 e. The molecule has 5 nitrogen and oxygen atoms in total. The number of pyridine rings is 1. The molecule has 0 saturated carbocycles. The Morgan fingerprint density at radius 2 is 2.05 bits per heavy atom. The maximum absolute atomic E-state index is 12.1. The first-order chi connectivity index (χ1) is 9.74. The highest BCUT2D eigenvalue weighted by Gasteiger charge is 2.27. The summed E-state index contributed by atoms with van der Waals surface area (Å²) in [7, 11) is 0. The molecule has 0 unspecified atom stereocenters. The number of carbonyl (C=O) groups excluding carboxylic acids is 1. The van der Waals surface area contributed by atoms with Crippen molar-refractivity contribution in [2.24, 2.45) is 0 Å². The summed E-state index contributed by atoms with van der Waals surface area (Å²) in [6.07, 6.45) is 5.55. The molecule has 6 heteroatoms. The summed E-state index contributed by atoms with van der Waals surface area (Å²) in [6, 6.07) is 1.90. The van der Waals surface area contributed by atoms with Crippen LogP contribution in [0.15, 0.2) is 16.7 Å². The zero-order chi connectivity index (χ0) is 13.9. The first kappa shape index (κ1) is 13.8. The number of hydrogen-bond acceptors (Lipinski definition) is 4. The molecule has 0 atom stereocenters. The van der Waals surface area contributed by atoms with E-state index in [0.717, 1.165) is 29.8 Å². The average molecular weight is 340 g/mol. The number of piperidine rings is 1. The van der Waals surface area contributed by atoms with Crippen LogP contribution in [0.4, 0.5) is 5.69 Å². The van der Waals surface area contributed by atoms with Crippen LogP contribution in [0.5, 0.6) is 5.88 Å². The lowest BCUT2D eigenvalue weighted by atomic mass is 10.1. The first-order valence-corrected chi connectivity index (χ1v) is 7.84. The Kier molecular flexibility index (Phi) is 4.21. The molecule has 1 aromatic rings. The summed E-state index contributed by atoms with van der Waals surface area (Å²) in [6.45, 7) is 3.98. The molecule has 1 amide bonds. The van der Waals surface area contributed by atoms with Crippen molar-refractivity contribution in [3.63, 3.8) is 0 Å². The second-order valence-electron chi connectivity index (χ2n) is 5.21. The number of carbonyl (C=O) groups is 1. The number of hydrogen-bond donors (Lipinski definition) is 0. The lowest BCUT2D eigenvalue weighted by Gasteiger charge is -2.32. The largest absolute Gasteiger partial charge is 0.466 e. The number of amides is 1. The standard InChI is InChI=1S/C14H18BrN3O2/c15-11-8-12-14(16-9-11)20-10-13(19)18(12)7-6-17-4-2-1-3-5-17/h8-9H,1-7,10H2. The normalized spacial score (nSPS) is 19.6. The minimum absolute atomic E-state index is 0.00871. The van der Waals surface area contributed by atoms with Gasteiger partial charge in [0.25, 0.3) is 5.91 Å². The van der Waals surface area contributed by atoms with Crippen molar-refractivity contribution in [3.05, 3.63) is 16.7 Å². The van der Waals surface area contributed by atoms with Gasteiger partial charge >= 0.3 is 0 Å². The van der Waals surface area contributed by atoms with E-state index in [4.69, 9.17) is 4.74 Å². The Balaban J connectivity index is 1.71. The number of ether oxygens (including phenoxy) is 1. The SMILES string of the molecule is O=C1COc2ncc(Br)cc2N1CCN1CCCCC1. The molecule has 0 radical (unpaired) electrons. The van der Waals surface area contributed by atoms with Crippen molar-refractivity contribution in [2.45, 2.75) is 19.3 Å². The van der Waals surface area contributed by atoms with Gasteiger partial charge in [-0.25, -0.2) is 4.98 Å². The minimum atomic E-state index is 0.00871. The fourth-order valence-electron chi connectivity index (χ4n) is 2.73. The van der Waals surface area contributed by atoms with Crippen LogP contribution < -0.4 is 9.64 Å². The minimum Gasteiger partial charge on any atom is -0.466 e. The van der Waals surface area contributed by atoms with E-state index in [9.17, 15) is 4.79 Å². The molecule has 0 aliphatic carbocycles. The third-order valence-corrected chi connectivity index (χ3v) is 4.25. The van der Waals surface area contributed by atoms with E-state index in [1.807, 2.05) is 6.07 Å². The quantitative estimate of drug-likeness (QED) is 0.845. The Hall–Kier alpha value is -1.14. The van der Waals surface area contributed by atoms with Gasteiger partial charge in [0.2, 0.25) is 5.88 Å². The van der Waals surface area contributed by atoms with Crippen molar-refractivity contribution < 1.29 is 9.53 Å². The van der Waals surface area contributed by atoms with Crippen LogP contribution in [0.2, 0.25) is 0 Å². The summed E-state index contributed by atoms with van der Waals surface area (Å²) >= 11 is 3.40. The van der Waals surface area contributed by atoms with Crippen LogP contribution in [0.25, 0.3) is 0 Å². The fraction of sp³-hybridized carbons (Fsp3) is 0.571. The third kappa shape index (κ3) is 2.96. The van der Waals surface area contributed by atoms with Crippen LogP contribution >= 0.6 is 15.9 Å². The lowest BCUT2D eigenvalue weighted by Crippen LogP contribution is -2.44. The molecule has 1 saturated heterocycles. The molecule has 3 heterocycles. The van der Waals surface area contributed by atoms with Gasteiger partial charge < -0.3 is 14.5 Å². The molecule has 0 bridgehead atoms. The molecule has 108 valence electrons. The highest BCUT2D eigenvalue weighted by molar-refractivity contribution is 9.10. The zero-order valence-electron chi connectivity index (χ0n) is 11.3. The number of anilines is 1. The number of halogens is 1. The van der Waals surface area contributed by atoms with Gasteiger partial charge in [0, 0.05) is 23.8 Å². The molecule has 0 N–H and O–H groups in total. The Morgan fingerprint density at radius 3 is 2.85 bits per heavy atom. The van der Waals surface area contributed by atoms with Crippen LogP contribution in [0.1, 0.15) is 19.3 Å². The van der Waals surface area contributed by atoms with E-state index in [2.05, 4.69) is 25.8 Å². The number of aromatic nitrogens is 1. The van der Waals surface area contributed by atoms with E-state index in [1.165, 1.54) is 19.3 Å². The van der Waals surface area contributed by atoms with E-state index in [0.29, 0.717) is 12.4 Å². The molecule has 3 rings (SSSR count). The Labute approximate surface area is 127 Å². The van der Waals surface area contributed by atoms with Crippen LogP contribution in [-0.4, -0.2) is 48.6 Å². The summed E-state index contributed by atoms with van der Waals surface area (Å²) in [5.74, 6) is 0.556. The van der Waals surface area contributed by atoms with Gasteiger partial charge in [-0.05, 0) is 47.9 Å². The number of fused-ring (bicyclic) bond motifs is 1. The third-order valence-electron chi connectivity index (χ3n) is 3.81. The molecular weight excluding hydrogens is 322 g/mol. The van der Waals surface area contributed by atoms with Gasteiger partial charge in [0.1, 0.15) is 5.69 Å². The van der Waals surface area contributed by atoms with Crippen molar-refractivity contribution in [1.29, 1.82) is 0 Å². The van der Waals surface area contributed by atoms with Crippen LogP contribution in [0, 0.1) is 0 Å². The van der Waals surface area contributed by atoms with E-state index < -0.39 is 0 Å². The molecular formula is C14H18BrN3O2. The number of nitrogens with zero attached hydrogens (tertiary/aromatic N) is 3. The molecule has 0 aromatic carbocycles. The van der Waals surface area contributed by atoms with E-state index in [-0.39, 0.29) is 12.5 Å². The molecule has 1 fully saturated rings. The van der Waals surface area contributed by atoms with Crippen LogP contribution in [0.3, 0.4) is 0 Å². The van der Waals surface area contributed by atoms with Crippen molar-refractivity contribution in [3.8, 4) is 5.88 Å². The predicted molar refractivity (Wildman–Crippen MR) is 80.1 cm³/mol. The number of rotatable bonds is 3. The summed E-state index contributed by atoms with van der Waals surface area (Å²) < 4.78 is 6.23. The second kappa shape index (κ2) is 6.10. The topological polar surface area (TPSA) is 45.7 Å². The summed E-state index contributed by atoms with van der Waals surface area (Å²) in [4.78, 5) is 20.5. The van der Waals surface area contributed by atoms with Crippen molar-refractivity contribution in [1.82, 2.24) is 9.88 Å². The van der Waals surface area contributed by atoms with Gasteiger partial charge in [0.05, 0.1) is 0 Å². The van der Waals surface area contributed by atoms with Gasteiger partial charge in [-0.2, -0.15) is 0 Å². The predicted octanol–water partition coefficient (Wildman–Crippen LogP) is 2.06. The highest BCUT2D eigenvalue weighted by atomic mass is 79.9. The van der Waals surface area contributed by atoms with E-state index >= 15 is 0 Å². The van der Waals surface area contributed by atoms with Gasteiger partial charge in [-0.1, -0.05) is 6.42 Å². The van der Waals surface area contributed by atoms with Gasteiger partial charge in [0.15, 0.2) is 6.61 Å². The first-order valence-electron chi connectivity index (χ1n) is 7.05. The smallest absolute Gasteiger partial charge is 0.265 e. The fourth-order valence-corrected chi connectivity index (χ4v) is 3.05. The second-order valence-corrected chi connectivity index (χ2v) is 6.13. The average Bonchev–Trinajstić information content (AvgIpc) is 2.47. The maximum atomic E-state index is 12.1. The molecule has 2 aliphatic rings. The molecule has 20 heavy (non-hydrogen) atoms. The number of likely N-dealkylation sites (tertiary alicyclic amines) is 1. The van der Waals surface area contributed by atoms with Crippen molar-refractivity contribution in [2.75, 3.05) is 37.7 Å². The molecule has 2 aliphatic heterocycles. The lowest BCUT2D eigenvalue weighted by molar-refractivity contribution is -0.121. The molecule has 1 aromatic heterocycles. The van der Waals surface area contributed by atoms with E-state index in [1.54, 1.807) is 11.1 Å². The van der Waals surface area contributed by atoms with Gasteiger partial charge in [-0.15, -0.1) is 0 Å². The molecule has 0 spiro atoms. The summed E-state index contributed by atoms with van der Waals surface area (Å²) in [5.41, 5.74) is 0.771.